The molecule has 0 radical (unpaired) electrons. The molecule has 0 aliphatic carbocycles. The smallest absolute Gasteiger partial charge is 0.319 e. The quantitative estimate of drug-likeness (QED) is 0.634. The van der Waals surface area contributed by atoms with E-state index in [1.807, 2.05) is 0 Å². The van der Waals surface area contributed by atoms with Crippen LogP contribution in [0.2, 0.25) is 5.02 Å². The molecular formula is C12H13ClN2O4S. The van der Waals surface area contributed by atoms with Crippen molar-refractivity contribution in [3.8, 4) is 0 Å². The molecule has 6 nitrogen and oxygen atoms in total. The Morgan fingerprint density at radius 3 is 2.50 bits per heavy atom. The van der Waals surface area contributed by atoms with Gasteiger partial charge in [-0.05, 0) is 31.2 Å². The average Bonchev–Trinajstić information content (AvgIpc) is 2.37. The van der Waals surface area contributed by atoms with Crippen LogP contribution in [0.25, 0.3) is 0 Å². The van der Waals surface area contributed by atoms with Crippen molar-refractivity contribution in [2.24, 2.45) is 5.73 Å². The summed E-state index contributed by atoms with van der Waals surface area (Å²) >= 11 is 7.02. The fourth-order valence-electron chi connectivity index (χ4n) is 1.19. The lowest BCUT2D eigenvalue weighted by Gasteiger charge is -2.10. The summed E-state index contributed by atoms with van der Waals surface area (Å²) in [6.45, 7) is 1.10. The molecule has 0 saturated carbocycles. The van der Waals surface area contributed by atoms with Crippen molar-refractivity contribution in [3.63, 3.8) is 0 Å². The van der Waals surface area contributed by atoms with Gasteiger partial charge in [0.05, 0.1) is 0 Å². The molecule has 0 fully saturated rings. The number of thioether (sulfide) groups is 1. The van der Waals surface area contributed by atoms with Crippen LogP contribution in [0.3, 0.4) is 0 Å². The fourth-order valence-corrected chi connectivity index (χ4v) is 2.18. The number of nitrogens with two attached hydrogens (primary N) is 1. The number of carbonyl (C=O) groups is 3. The molecule has 0 spiro atoms. The highest BCUT2D eigenvalue weighted by atomic mass is 35.5. The highest BCUT2D eigenvalue weighted by Crippen LogP contribution is 2.25. The number of ether oxygens (including phenoxy) is 1. The second-order valence-corrected chi connectivity index (χ2v) is 5.58. The second-order valence-electron chi connectivity index (χ2n) is 3.73. The van der Waals surface area contributed by atoms with Gasteiger partial charge in [0.15, 0.2) is 6.61 Å². The molecule has 8 heteroatoms. The van der Waals surface area contributed by atoms with E-state index in [4.69, 9.17) is 22.1 Å². The zero-order valence-corrected chi connectivity index (χ0v) is 12.2. The molecule has 0 aromatic heterocycles. The van der Waals surface area contributed by atoms with Crippen molar-refractivity contribution in [2.45, 2.75) is 17.1 Å². The van der Waals surface area contributed by atoms with Gasteiger partial charge in [0.25, 0.3) is 5.91 Å². The topological polar surface area (TPSA) is 98.5 Å². The van der Waals surface area contributed by atoms with Gasteiger partial charge in [-0.3, -0.25) is 14.9 Å². The first-order valence-corrected chi connectivity index (χ1v) is 6.82. The van der Waals surface area contributed by atoms with Crippen LogP contribution in [0.15, 0.2) is 29.2 Å². The molecule has 0 bridgehead atoms. The third-order valence-electron chi connectivity index (χ3n) is 2.07. The lowest BCUT2D eigenvalue weighted by atomic mass is 10.4. The van der Waals surface area contributed by atoms with E-state index in [0.29, 0.717) is 5.02 Å². The SMILES string of the molecule is C[C@@H](Sc1ccc(Cl)cc1)C(=O)OCC(=O)NC(N)=O. The molecule has 1 atom stereocenters. The van der Waals surface area contributed by atoms with E-state index in [1.165, 1.54) is 11.8 Å². The summed E-state index contributed by atoms with van der Waals surface area (Å²) in [5, 5.41) is 1.90. The Balaban J connectivity index is 2.41. The van der Waals surface area contributed by atoms with Crippen LogP contribution >= 0.6 is 23.4 Å². The number of esters is 1. The number of carbonyl (C=O) groups excluding carboxylic acids is 3. The van der Waals surface area contributed by atoms with Crippen LogP contribution in [0, 0.1) is 0 Å². The van der Waals surface area contributed by atoms with Gasteiger partial charge in [-0.25, -0.2) is 4.79 Å². The number of benzene rings is 1. The summed E-state index contributed by atoms with van der Waals surface area (Å²) in [5.41, 5.74) is 4.75. The third-order valence-corrected chi connectivity index (χ3v) is 3.41. The maximum atomic E-state index is 11.6. The van der Waals surface area contributed by atoms with E-state index in [-0.39, 0.29) is 0 Å². The van der Waals surface area contributed by atoms with Crippen LogP contribution in [0.5, 0.6) is 0 Å². The van der Waals surface area contributed by atoms with Gasteiger partial charge in [-0.15, -0.1) is 11.8 Å². The van der Waals surface area contributed by atoms with Crippen LogP contribution in [0.4, 0.5) is 4.79 Å². The average molecular weight is 317 g/mol. The lowest BCUT2D eigenvalue weighted by Crippen LogP contribution is -2.38. The standard InChI is InChI=1S/C12H13ClN2O4S/c1-7(20-9-4-2-8(13)3-5-9)11(17)19-6-10(16)15-12(14)18/h2-5,7H,6H2,1H3,(H3,14,15,16,18)/t7-/m1/s1. The van der Waals surface area contributed by atoms with Gasteiger partial charge in [-0.1, -0.05) is 11.6 Å². The summed E-state index contributed by atoms with van der Waals surface area (Å²) in [4.78, 5) is 33.9. The van der Waals surface area contributed by atoms with Gasteiger partial charge in [0.1, 0.15) is 5.25 Å². The van der Waals surface area contributed by atoms with E-state index in [1.54, 1.807) is 36.5 Å². The summed E-state index contributed by atoms with van der Waals surface area (Å²) in [5.74, 6) is -1.33. The number of imide groups is 1. The molecule has 3 amide bonds. The van der Waals surface area contributed by atoms with Crippen molar-refractivity contribution in [1.29, 1.82) is 0 Å². The maximum absolute atomic E-state index is 11.6. The van der Waals surface area contributed by atoms with E-state index < -0.39 is 29.8 Å². The monoisotopic (exact) mass is 316 g/mol. The molecule has 1 aromatic rings. The zero-order valence-electron chi connectivity index (χ0n) is 10.6. The molecule has 1 rings (SSSR count). The highest BCUT2D eigenvalue weighted by molar-refractivity contribution is 8.00. The molecule has 0 aliphatic heterocycles. The Bertz CT molecular complexity index is 507. The van der Waals surface area contributed by atoms with Gasteiger partial charge in [-0.2, -0.15) is 0 Å². The van der Waals surface area contributed by atoms with E-state index >= 15 is 0 Å². The fraction of sp³-hybridized carbons (Fsp3) is 0.250. The zero-order chi connectivity index (χ0) is 15.1. The Labute approximate surface area is 125 Å². The Kier molecular flexibility index (Phi) is 6.33. The molecule has 1 aromatic carbocycles. The first-order valence-electron chi connectivity index (χ1n) is 5.56. The molecule has 0 heterocycles. The van der Waals surface area contributed by atoms with Crippen molar-refractivity contribution in [3.05, 3.63) is 29.3 Å². The minimum atomic E-state index is -0.991. The number of primary amides is 1. The molecule has 20 heavy (non-hydrogen) atoms. The van der Waals surface area contributed by atoms with Crippen LogP contribution in [-0.2, 0) is 14.3 Å². The first kappa shape index (κ1) is 16.3. The van der Waals surface area contributed by atoms with Crippen LogP contribution < -0.4 is 11.1 Å². The number of amides is 3. The van der Waals surface area contributed by atoms with Crippen molar-refractivity contribution < 1.29 is 19.1 Å². The van der Waals surface area contributed by atoms with Gasteiger partial charge in [0.2, 0.25) is 0 Å². The minimum Gasteiger partial charge on any atom is -0.455 e. The summed E-state index contributed by atoms with van der Waals surface area (Å²) in [7, 11) is 0. The number of hydrogen-bond donors (Lipinski definition) is 2. The Morgan fingerprint density at radius 1 is 1.35 bits per heavy atom. The largest absolute Gasteiger partial charge is 0.455 e. The summed E-state index contributed by atoms with van der Waals surface area (Å²) < 4.78 is 4.76. The number of hydrogen-bond acceptors (Lipinski definition) is 5. The van der Waals surface area contributed by atoms with Crippen LogP contribution in [-0.4, -0.2) is 29.8 Å². The third kappa shape index (κ3) is 5.94. The highest BCUT2D eigenvalue weighted by Gasteiger charge is 2.17. The molecule has 0 aliphatic rings. The Hall–Kier alpha value is -1.73. The lowest BCUT2D eigenvalue weighted by molar-refractivity contribution is -0.147. The maximum Gasteiger partial charge on any atom is 0.319 e. The molecular weight excluding hydrogens is 304 g/mol. The number of nitrogens with one attached hydrogen (secondary N) is 1. The predicted octanol–water partition coefficient (Wildman–Crippen LogP) is 1.56. The predicted molar refractivity (Wildman–Crippen MR) is 75.5 cm³/mol. The molecule has 108 valence electrons. The van der Waals surface area contributed by atoms with E-state index in [9.17, 15) is 14.4 Å². The van der Waals surface area contributed by atoms with Crippen LogP contribution in [0.1, 0.15) is 6.92 Å². The van der Waals surface area contributed by atoms with E-state index in [0.717, 1.165) is 4.90 Å². The normalized spacial score (nSPS) is 11.5. The van der Waals surface area contributed by atoms with Gasteiger partial charge < -0.3 is 10.5 Å². The number of halogens is 1. The second kappa shape index (κ2) is 7.76. The summed E-state index contributed by atoms with van der Waals surface area (Å²) in [6.07, 6.45) is 0. The van der Waals surface area contributed by atoms with Crippen molar-refractivity contribution in [1.82, 2.24) is 5.32 Å². The number of urea groups is 1. The van der Waals surface area contributed by atoms with Crippen molar-refractivity contribution >= 4 is 41.3 Å². The van der Waals surface area contributed by atoms with Gasteiger partial charge in [0, 0.05) is 9.92 Å². The van der Waals surface area contributed by atoms with E-state index in [2.05, 4.69) is 0 Å². The van der Waals surface area contributed by atoms with Crippen molar-refractivity contribution in [2.75, 3.05) is 6.61 Å². The molecule has 3 N–H and O–H groups in total. The number of rotatable bonds is 5. The Morgan fingerprint density at radius 2 is 1.95 bits per heavy atom. The molecule has 0 unspecified atom stereocenters. The minimum absolute atomic E-state index is 0.502. The van der Waals surface area contributed by atoms with Gasteiger partial charge >= 0.3 is 12.0 Å². The molecule has 0 saturated heterocycles. The summed E-state index contributed by atoms with van der Waals surface area (Å²) in [6, 6.07) is 5.98. The first-order chi connectivity index (χ1) is 9.38.